The molecule has 2 aromatic carbocycles. The number of rotatable bonds is 5. The number of ketones is 1. The van der Waals surface area contributed by atoms with Gasteiger partial charge in [-0.1, -0.05) is 36.0 Å². The van der Waals surface area contributed by atoms with Crippen molar-refractivity contribution in [2.45, 2.75) is 36.6 Å². The third kappa shape index (κ3) is 3.41. The average molecular weight is 381 g/mol. The summed E-state index contributed by atoms with van der Waals surface area (Å²) in [6, 6.07) is 12.5. The van der Waals surface area contributed by atoms with E-state index in [9.17, 15) is 9.18 Å². The van der Waals surface area contributed by atoms with Gasteiger partial charge in [-0.25, -0.2) is 4.39 Å². The average Bonchev–Trinajstić information content (AvgIpc) is 3.28. The Hall–Kier alpha value is -2.47. The second kappa shape index (κ2) is 7.27. The highest BCUT2D eigenvalue weighted by molar-refractivity contribution is 8.00. The van der Waals surface area contributed by atoms with Gasteiger partial charge in [0.15, 0.2) is 16.8 Å². The molecule has 1 unspecified atom stereocenters. The Morgan fingerprint density at radius 1 is 1.15 bits per heavy atom. The summed E-state index contributed by atoms with van der Waals surface area (Å²) in [5.74, 6) is 0.185. The smallest absolute Gasteiger partial charge is 0.191 e. The van der Waals surface area contributed by atoms with Crippen LogP contribution in [0.3, 0.4) is 0 Å². The van der Waals surface area contributed by atoms with Crippen molar-refractivity contribution in [2.24, 2.45) is 7.05 Å². The zero-order chi connectivity index (χ0) is 19.0. The summed E-state index contributed by atoms with van der Waals surface area (Å²) in [6.45, 7) is 1.87. The minimum Gasteiger partial charge on any atom is -0.305 e. The molecule has 1 aliphatic rings. The quantitative estimate of drug-likeness (QED) is 0.483. The van der Waals surface area contributed by atoms with Crippen LogP contribution in [0.1, 0.15) is 34.8 Å². The molecule has 0 bridgehead atoms. The molecule has 4 nitrogen and oxygen atoms in total. The van der Waals surface area contributed by atoms with Crippen LogP contribution in [0.2, 0.25) is 0 Å². The van der Waals surface area contributed by atoms with Gasteiger partial charge in [-0.3, -0.25) is 4.79 Å². The number of aryl methyl sites for hydroxylation is 2. The summed E-state index contributed by atoms with van der Waals surface area (Å²) in [7, 11) is 1.79. The van der Waals surface area contributed by atoms with Crippen LogP contribution in [0.4, 0.5) is 4.39 Å². The maximum atomic E-state index is 14.0. The summed E-state index contributed by atoms with van der Waals surface area (Å²) >= 11 is 1.35. The van der Waals surface area contributed by atoms with Crippen molar-refractivity contribution in [3.63, 3.8) is 0 Å². The van der Waals surface area contributed by atoms with E-state index in [0.717, 1.165) is 24.8 Å². The van der Waals surface area contributed by atoms with Gasteiger partial charge in [0.05, 0.1) is 10.8 Å². The zero-order valence-corrected chi connectivity index (χ0v) is 16.1. The molecule has 138 valence electrons. The molecule has 3 aromatic rings. The van der Waals surface area contributed by atoms with E-state index in [-0.39, 0.29) is 16.9 Å². The van der Waals surface area contributed by atoms with Crippen LogP contribution in [0.15, 0.2) is 47.6 Å². The van der Waals surface area contributed by atoms with Crippen molar-refractivity contribution in [1.82, 2.24) is 14.8 Å². The fourth-order valence-electron chi connectivity index (χ4n) is 3.47. The molecular weight excluding hydrogens is 361 g/mol. The number of fused-ring (bicyclic) bond motifs is 1. The van der Waals surface area contributed by atoms with E-state index in [1.165, 1.54) is 29.0 Å². The van der Waals surface area contributed by atoms with Crippen LogP contribution < -0.4 is 0 Å². The summed E-state index contributed by atoms with van der Waals surface area (Å²) in [6.07, 6.45) is 3.31. The van der Waals surface area contributed by atoms with E-state index < -0.39 is 0 Å². The summed E-state index contributed by atoms with van der Waals surface area (Å²) < 4.78 is 15.8. The van der Waals surface area contributed by atoms with Gasteiger partial charge < -0.3 is 4.57 Å². The second-order valence-corrected chi connectivity index (χ2v) is 8.11. The van der Waals surface area contributed by atoms with E-state index in [1.54, 1.807) is 29.8 Å². The normalized spacial score (nSPS) is 14.2. The molecule has 27 heavy (non-hydrogen) atoms. The van der Waals surface area contributed by atoms with Gasteiger partial charge in [0.1, 0.15) is 5.82 Å². The summed E-state index contributed by atoms with van der Waals surface area (Å²) in [4.78, 5) is 12.9. The zero-order valence-electron chi connectivity index (χ0n) is 15.3. The van der Waals surface area contributed by atoms with E-state index in [4.69, 9.17) is 0 Å². The molecule has 0 aliphatic heterocycles. The van der Waals surface area contributed by atoms with Crippen molar-refractivity contribution >= 4 is 17.5 Å². The first-order valence-electron chi connectivity index (χ1n) is 9.01. The fourth-order valence-corrected chi connectivity index (χ4v) is 4.36. The lowest BCUT2D eigenvalue weighted by molar-refractivity contribution is 0.0993. The van der Waals surface area contributed by atoms with Crippen LogP contribution in [-0.4, -0.2) is 25.8 Å². The number of carbonyl (C=O) groups excluding carboxylic acids is 1. The number of Topliss-reactive ketones (excluding diaryl/α,β-unsaturated/α-hetero) is 1. The first-order valence-corrected chi connectivity index (χ1v) is 9.89. The highest BCUT2D eigenvalue weighted by Crippen LogP contribution is 2.29. The Bertz CT molecular complexity index is 1010. The number of nitrogens with zero attached hydrogens (tertiary/aromatic N) is 3. The van der Waals surface area contributed by atoms with Gasteiger partial charge >= 0.3 is 0 Å². The number of thioether (sulfide) groups is 1. The van der Waals surface area contributed by atoms with E-state index in [2.05, 4.69) is 16.3 Å². The lowest BCUT2D eigenvalue weighted by Gasteiger charge is -2.11. The number of halogens is 1. The van der Waals surface area contributed by atoms with Gasteiger partial charge in [-0.15, -0.1) is 10.2 Å². The molecule has 0 saturated carbocycles. The second-order valence-electron chi connectivity index (χ2n) is 6.81. The Balaban J connectivity index is 1.54. The van der Waals surface area contributed by atoms with Crippen LogP contribution in [-0.2, 0) is 19.9 Å². The van der Waals surface area contributed by atoms with E-state index >= 15 is 0 Å². The van der Waals surface area contributed by atoms with Gasteiger partial charge in [0, 0.05) is 12.6 Å². The number of hydrogen-bond donors (Lipinski definition) is 0. The maximum Gasteiger partial charge on any atom is 0.191 e. The van der Waals surface area contributed by atoms with Crippen molar-refractivity contribution in [3.05, 3.63) is 65.0 Å². The minimum atomic E-state index is -0.341. The van der Waals surface area contributed by atoms with Crippen LogP contribution in [0, 0.1) is 5.82 Å². The topological polar surface area (TPSA) is 47.8 Å². The Kier molecular flexibility index (Phi) is 4.83. The van der Waals surface area contributed by atoms with Gasteiger partial charge in [0.25, 0.3) is 0 Å². The number of carbonyl (C=O) groups is 1. The molecule has 0 saturated heterocycles. The van der Waals surface area contributed by atoms with Gasteiger partial charge in [0.2, 0.25) is 0 Å². The molecule has 0 spiro atoms. The van der Waals surface area contributed by atoms with Crippen molar-refractivity contribution < 1.29 is 9.18 Å². The van der Waals surface area contributed by atoms with Gasteiger partial charge in [-0.05, 0) is 55.5 Å². The van der Waals surface area contributed by atoms with Crippen LogP contribution in [0.5, 0.6) is 0 Å². The number of hydrogen-bond acceptors (Lipinski definition) is 4. The molecule has 6 heteroatoms. The fraction of sp³-hybridized carbons (Fsp3) is 0.286. The molecule has 1 aliphatic carbocycles. The molecule has 4 rings (SSSR count). The number of aromatic nitrogens is 3. The molecule has 0 amide bonds. The molecule has 1 atom stereocenters. The lowest BCUT2D eigenvalue weighted by Crippen LogP contribution is -2.14. The third-order valence-electron chi connectivity index (χ3n) is 4.98. The Labute approximate surface area is 161 Å². The minimum absolute atomic E-state index is 0.0742. The van der Waals surface area contributed by atoms with Crippen molar-refractivity contribution in [1.29, 1.82) is 0 Å². The summed E-state index contributed by atoms with van der Waals surface area (Å²) in [5, 5.41) is 8.57. The maximum absolute atomic E-state index is 14.0. The first kappa shape index (κ1) is 17.9. The SMILES string of the molecule is CC(Sc1nnc(-c2ccccc2F)n1C)C(=O)c1ccc2c(c1)CCC2. The standard InChI is InChI=1S/C21H20FN3OS/c1-13(19(26)16-11-10-14-6-5-7-15(14)12-16)27-21-24-23-20(25(21)2)17-8-3-4-9-18(17)22/h3-4,8-13H,5-7H2,1-2H3. The van der Waals surface area contributed by atoms with Crippen molar-refractivity contribution in [3.8, 4) is 11.4 Å². The lowest BCUT2D eigenvalue weighted by atomic mass is 10.0. The number of benzene rings is 2. The highest BCUT2D eigenvalue weighted by atomic mass is 32.2. The van der Waals surface area contributed by atoms with E-state index in [0.29, 0.717) is 16.5 Å². The molecule has 0 N–H and O–H groups in total. The highest BCUT2D eigenvalue weighted by Gasteiger charge is 2.22. The Morgan fingerprint density at radius 2 is 1.93 bits per heavy atom. The monoisotopic (exact) mass is 381 g/mol. The van der Waals surface area contributed by atoms with Crippen molar-refractivity contribution in [2.75, 3.05) is 0 Å². The Morgan fingerprint density at radius 3 is 2.74 bits per heavy atom. The predicted molar refractivity (Wildman–Crippen MR) is 105 cm³/mol. The first-order chi connectivity index (χ1) is 13.0. The largest absolute Gasteiger partial charge is 0.305 e. The molecule has 0 radical (unpaired) electrons. The summed E-state index contributed by atoms with van der Waals surface area (Å²) in [5.41, 5.74) is 3.79. The van der Waals surface area contributed by atoms with Gasteiger partial charge in [-0.2, -0.15) is 0 Å². The molecule has 1 aromatic heterocycles. The molecule has 0 fully saturated rings. The van der Waals surface area contributed by atoms with E-state index in [1.807, 2.05) is 19.1 Å². The predicted octanol–water partition coefficient (Wildman–Crippen LogP) is 4.47. The molecular formula is C21H20FN3OS. The third-order valence-corrected chi connectivity index (χ3v) is 6.12. The van der Waals surface area contributed by atoms with Crippen LogP contribution >= 0.6 is 11.8 Å². The molecule has 1 heterocycles. The van der Waals surface area contributed by atoms with Crippen LogP contribution in [0.25, 0.3) is 11.4 Å².